The SMILES string of the molecule is CCOC(=O)CC(=O)Cc1ccc(Cl)c(Cl)c1N. The molecule has 0 aliphatic heterocycles. The summed E-state index contributed by atoms with van der Waals surface area (Å²) in [5, 5.41) is 0.550. The van der Waals surface area contributed by atoms with Gasteiger partial charge in [0, 0.05) is 6.42 Å². The smallest absolute Gasteiger partial charge is 0.313 e. The van der Waals surface area contributed by atoms with Crippen molar-refractivity contribution in [3.05, 3.63) is 27.7 Å². The van der Waals surface area contributed by atoms with E-state index in [1.165, 1.54) is 0 Å². The number of ether oxygens (including phenoxy) is 1. The molecule has 98 valence electrons. The number of Topliss-reactive ketones (excluding diaryl/α,β-unsaturated/α-hetero) is 1. The summed E-state index contributed by atoms with van der Waals surface area (Å²) < 4.78 is 4.69. The lowest BCUT2D eigenvalue weighted by Gasteiger charge is -2.08. The number of nitrogen functional groups attached to an aromatic ring is 1. The van der Waals surface area contributed by atoms with Gasteiger partial charge in [0.2, 0.25) is 0 Å². The Labute approximate surface area is 115 Å². The zero-order valence-corrected chi connectivity index (χ0v) is 11.3. The highest BCUT2D eigenvalue weighted by Crippen LogP contribution is 2.31. The highest BCUT2D eigenvalue weighted by molar-refractivity contribution is 6.43. The van der Waals surface area contributed by atoms with Crippen molar-refractivity contribution in [3.63, 3.8) is 0 Å². The van der Waals surface area contributed by atoms with Crippen LogP contribution < -0.4 is 5.73 Å². The number of hydrogen-bond donors (Lipinski definition) is 1. The van der Waals surface area contributed by atoms with Crippen molar-refractivity contribution in [3.8, 4) is 0 Å². The molecule has 4 nitrogen and oxygen atoms in total. The highest BCUT2D eigenvalue weighted by Gasteiger charge is 2.14. The van der Waals surface area contributed by atoms with Crippen molar-refractivity contribution < 1.29 is 14.3 Å². The molecule has 0 heterocycles. The molecule has 0 aliphatic carbocycles. The first-order valence-corrected chi connectivity index (χ1v) is 6.11. The molecule has 0 saturated heterocycles. The fraction of sp³-hybridized carbons (Fsp3) is 0.333. The van der Waals surface area contributed by atoms with Crippen LogP contribution in [0.3, 0.4) is 0 Å². The third-order valence-corrected chi connectivity index (χ3v) is 3.08. The van der Waals surface area contributed by atoms with Crippen LogP contribution in [0.2, 0.25) is 10.0 Å². The van der Waals surface area contributed by atoms with Crippen LogP contribution in [0.1, 0.15) is 18.9 Å². The first-order valence-electron chi connectivity index (χ1n) is 5.35. The Morgan fingerprint density at radius 1 is 1.33 bits per heavy atom. The van der Waals surface area contributed by atoms with Crippen LogP contribution in [0.5, 0.6) is 0 Å². The molecule has 0 unspecified atom stereocenters. The van der Waals surface area contributed by atoms with Gasteiger partial charge in [-0.15, -0.1) is 0 Å². The van der Waals surface area contributed by atoms with Gasteiger partial charge in [0.25, 0.3) is 0 Å². The summed E-state index contributed by atoms with van der Waals surface area (Å²) in [4.78, 5) is 22.7. The van der Waals surface area contributed by atoms with Gasteiger partial charge in [-0.25, -0.2) is 0 Å². The van der Waals surface area contributed by atoms with Gasteiger partial charge >= 0.3 is 5.97 Å². The molecule has 0 aromatic heterocycles. The first-order chi connectivity index (χ1) is 8.45. The monoisotopic (exact) mass is 289 g/mol. The summed E-state index contributed by atoms with van der Waals surface area (Å²) in [6.45, 7) is 1.93. The fourth-order valence-corrected chi connectivity index (χ4v) is 1.76. The molecule has 0 radical (unpaired) electrons. The zero-order valence-electron chi connectivity index (χ0n) is 9.83. The van der Waals surface area contributed by atoms with Crippen LogP contribution in [0.15, 0.2) is 12.1 Å². The normalized spacial score (nSPS) is 10.2. The molecular weight excluding hydrogens is 277 g/mol. The second kappa shape index (κ2) is 6.61. The van der Waals surface area contributed by atoms with E-state index in [2.05, 4.69) is 4.74 Å². The number of halogens is 2. The lowest BCUT2D eigenvalue weighted by molar-refractivity contribution is -0.145. The van der Waals surface area contributed by atoms with Gasteiger partial charge in [0.15, 0.2) is 0 Å². The third-order valence-electron chi connectivity index (χ3n) is 2.26. The van der Waals surface area contributed by atoms with Crippen LogP contribution in [0.25, 0.3) is 0 Å². The molecular formula is C12H13Cl2NO3. The number of hydrogen-bond acceptors (Lipinski definition) is 4. The van der Waals surface area contributed by atoms with Gasteiger partial charge in [-0.2, -0.15) is 0 Å². The second-order valence-electron chi connectivity index (χ2n) is 3.63. The zero-order chi connectivity index (χ0) is 13.7. The van der Waals surface area contributed by atoms with Gasteiger partial charge < -0.3 is 10.5 Å². The molecule has 2 N–H and O–H groups in total. The molecule has 0 amide bonds. The molecule has 0 aliphatic rings. The van der Waals surface area contributed by atoms with Crippen molar-refractivity contribution in [1.82, 2.24) is 0 Å². The Morgan fingerprint density at radius 3 is 2.61 bits per heavy atom. The van der Waals surface area contributed by atoms with Crippen molar-refractivity contribution in [2.75, 3.05) is 12.3 Å². The predicted octanol–water partition coefficient (Wildman–Crippen LogP) is 2.64. The largest absolute Gasteiger partial charge is 0.466 e. The highest BCUT2D eigenvalue weighted by atomic mass is 35.5. The molecule has 6 heteroatoms. The van der Waals surface area contributed by atoms with Crippen molar-refractivity contribution >= 4 is 40.6 Å². The van der Waals surface area contributed by atoms with E-state index in [-0.39, 0.29) is 35.9 Å². The van der Waals surface area contributed by atoms with E-state index in [1.807, 2.05) is 0 Å². The van der Waals surface area contributed by atoms with Gasteiger partial charge in [-0.3, -0.25) is 9.59 Å². The summed E-state index contributed by atoms with van der Waals surface area (Å²) in [7, 11) is 0. The molecule has 0 bridgehead atoms. The second-order valence-corrected chi connectivity index (χ2v) is 4.42. The van der Waals surface area contributed by atoms with Crippen LogP contribution in [-0.4, -0.2) is 18.4 Å². The summed E-state index contributed by atoms with van der Waals surface area (Å²) in [6.07, 6.45) is -0.241. The molecule has 18 heavy (non-hydrogen) atoms. The van der Waals surface area contributed by atoms with Gasteiger partial charge in [0.05, 0.1) is 22.3 Å². The predicted molar refractivity (Wildman–Crippen MR) is 70.8 cm³/mol. The van der Waals surface area contributed by atoms with E-state index in [0.717, 1.165) is 0 Å². The molecule has 1 rings (SSSR count). The Kier molecular flexibility index (Phi) is 5.44. The van der Waals surface area contributed by atoms with E-state index < -0.39 is 5.97 Å². The quantitative estimate of drug-likeness (QED) is 0.514. The minimum absolute atomic E-state index is 0.0293. The topological polar surface area (TPSA) is 69.4 Å². The Bertz CT molecular complexity index is 475. The Hall–Kier alpha value is -1.26. The number of anilines is 1. The summed E-state index contributed by atoms with van der Waals surface area (Å²) in [5.74, 6) is -0.820. The summed E-state index contributed by atoms with van der Waals surface area (Å²) >= 11 is 11.6. The first kappa shape index (κ1) is 14.8. The number of carbonyl (C=O) groups is 2. The number of ketones is 1. The molecule has 1 aromatic rings. The Morgan fingerprint density at radius 2 is 2.00 bits per heavy atom. The van der Waals surface area contributed by atoms with E-state index in [9.17, 15) is 9.59 Å². The third kappa shape index (κ3) is 3.89. The summed E-state index contributed by atoms with van der Waals surface area (Å²) in [5.41, 5.74) is 6.56. The lowest BCUT2D eigenvalue weighted by Crippen LogP contribution is -2.13. The molecule has 0 spiro atoms. The lowest BCUT2D eigenvalue weighted by atomic mass is 10.1. The number of benzene rings is 1. The van der Waals surface area contributed by atoms with Crippen molar-refractivity contribution in [2.45, 2.75) is 19.8 Å². The fourth-order valence-electron chi connectivity index (χ4n) is 1.41. The molecule has 0 fully saturated rings. The maximum atomic E-state index is 11.6. The van der Waals surface area contributed by atoms with E-state index in [0.29, 0.717) is 10.6 Å². The van der Waals surface area contributed by atoms with E-state index in [1.54, 1.807) is 19.1 Å². The minimum atomic E-state index is -0.541. The maximum Gasteiger partial charge on any atom is 0.313 e. The van der Waals surface area contributed by atoms with Crippen LogP contribution in [0, 0.1) is 0 Å². The van der Waals surface area contributed by atoms with E-state index in [4.69, 9.17) is 28.9 Å². The number of carbonyl (C=O) groups excluding carboxylic acids is 2. The van der Waals surface area contributed by atoms with Gasteiger partial charge in [-0.1, -0.05) is 29.3 Å². The minimum Gasteiger partial charge on any atom is -0.466 e. The summed E-state index contributed by atoms with van der Waals surface area (Å²) in [6, 6.07) is 3.18. The number of rotatable bonds is 5. The number of nitrogens with two attached hydrogens (primary N) is 1. The maximum absolute atomic E-state index is 11.6. The van der Waals surface area contributed by atoms with Gasteiger partial charge in [0.1, 0.15) is 12.2 Å². The number of esters is 1. The Balaban J connectivity index is 2.71. The van der Waals surface area contributed by atoms with Crippen LogP contribution >= 0.6 is 23.2 Å². The molecule has 0 atom stereocenters. The average molecular weight is 290 g/mol. The van der Waals surface area contributed by atoms with Gasteiger partial charge in [-0.05, 0) is 18.6 Å². The van der Waals surface area contributed by atoms with Crippen molar-refractivity contribution in [2.24, 2.45) is 0 Å². The standard InChI is InChI=1S/C12H13Cl2NO3/c1-2-18-10(17)6-8(16)5-7-3-4-9(13)11(14)12(7)15/h3-4H,2,5-6,15H2,1H3. The van der Waals surface area contributed by atoms with Crippen molar-refractivity contribution in [1.29, 1.82) is 0 Å². The van der Waals surface area contributed by atoms with E-state index >= 15 is 0 Å². The van der Waals surface area contributed by atoms with Crippen LogP contribution in [0.4, 0.5) is 5.69 Å². The average Bonchev–Trinajstić information content (AvgIpc) is 2.30. The van der Waals surface area contributed by atoms with Crippen LogP contribution in [-0.2, 0) is 20.7 Å². The molecule has 1 aromatic carbocycles. The molecule has 0 saturated carbocycles.